The molecule has 0 fully saturated rings. The van der Waals surface area contributed by atoms with Gasteiger partial charge in [0.25, 0.3) is 0 Å². The Kier molecular flexibility index (Phi) is 4.06. The molecule has 5 heavy (non-hydrogen) atoms. The summed E-state index contributed by atoms with van der Waals surface area (Å²) in [6.07, 6.45) is 0. The Morgan fingerprint density at radius 3 is 1.80 bits per heavy atom. The summed E-state index contributed by atoms with van der Waals surface area (Å²) in [7, 11) is 10.6. The van der Waals surface area contributed by atoms with Crippen LogP contribution in [0.25, 0.3) is 0 Å². The van der Waals surface area contributed by atoms with Gasteiger partial charge in [-0.05, 0) is 0 Å². The van der Waals surface area contributed by atoms with Crippen LogP contribution in [0.5, 0.6) is 0 Å². The SMILES string of the molecule is C=[CH][Sn]([Cl])[Cl]. The fourth-order valence-corrected chi connectivity index (χ4v) is 0. The number of hydrogen-bond acceptors (Lipinski definition) is 0. The van der Waals surface area contributed by atoms with E-state index in [0.29, 0.717) is 0 Å². The van der Waals surface area contributed by atoms with E-state index in [-0.39, 0.29) is 0 Å². The van der Waals surface area contributed by atoms with Crippen LogP contribution in [0.4, 0.5) is 0 Å². The zero-order valence-electron chi connectivity index (χ0n) is 2.54. The molecule has 0 bridgehead atoms. The van der Waals surface area contributed by atoms with Crippen LogP contribution in [-0.2, 0) is 0 Å². The van der Waals surface area contributed by atoms with Gasteiger partial charge in [0.05, 0.1) is 0 Å². The first kappa shape index (κ1) is 6.12. The number of rotatable bonds is 1. The van der Waals surface area contributed by atoms with E-state index in [4.69, 9.17) is 17.8 Å². The predicted molar refractivity (Wildman–Crippen MR) is 27.7 cm³/mol. The van der Waals surface area contributed by atoms with Crippen LogP contribution >= 0.6 is 17.8 Å². The molecule has 3 heteroatoms. The standard InChI is InChI=1S/C2H3.2ClH.Sn/c1-2;;;/h1H,2H2;2*1H;/q;;;+2/p-2. The topological polar surface area (TPSA) is 0 Å². The van der Waals surface area contributed by atoms with Crippen molar-refractivity contribution in [1.29, 1.82) is 0 Å². The van der Waals surface area contributed by atoms with Crippen molar-refractivity contribution in [3.05, 3.63) is 10.7 Å². The summed E-state index contributed by atoms with van der Waals surface area (Å²) in [5.74, 6) is 0. The van der Waals surface area contributed by atoms with Crippen LogP contribution in [0.3, 0.4) is 0 Å². The van der Waals surface area contributed by atoms with Crippen LogP contribution < -0.4 is 0 Å². The third-order valence-electron chi connectivity index (χ3n) is 0.154. The van der Waals surface area contributed by atoms with Gasteiger partial charge in [0.15, 0.2) is 0 Å². The van der Waals surface area contributed by atoms with Crippen molar-refractivity contribution >= 4 is 35.3 Å². The van der Waals surface area contributed by atoms with Gasteiger partial charge < -0.3 is 0 Å². The fourth-order valence-electron chi connectivity index (χ4n) is 0. The third kappa shape index (κ3) is 5.12. The van der Waals surface area contributed by atoms with Gasteiger partial charge >= 0.3 is 46.0 Å². The van der Waals surface area contributed by atoms with E-state index in [1.807, 2.05) is 0 Å². The molecule has 0 aromatic rings. The summed E-state index contributed by atoms with van der Waals surface area (Å²) < 4.78 is 1.64. The van der Waals surface area contributed by atoms with Gasteiger partial charge in [-0.25, -0.2) is 0 Å². The van der Waals surface area contributed by atoms with Gasteiger partial charge in [0.1, 0.15) is 0 Å². The van der Waals surface area contributed by atoms with Crippen LogP contribution in [0.15, 0.2) is 10.7 Å². The Labute approximate surface area is 45.9 Å². The third-order valence-corrected chi connectivity index (χ3v) is 3.11. The Hall–Kier alpha value is 1.12. The van der Waals surface area contributed by atoms with Crippen molar-refractivity contribution in [3.8, 4) is 0 Å². The maximum absolute atomic E-state index is 5.31. The van der Waals surface area contributed by atoms with Crippen LogP contribution in [0, 0.1) is 0 Å². The van der Waals surface area contributed by atoms with Crippen LogP contribution in [0.1, 0.15) is 0 Å². The molecule has 1 radical (unpaired) electrons. The molecule has 0 aliphatic rings. The zero-order chi connectivity index (χ0) is 4.28. The minimum absolute atomic E-state index is 1.64. The molecule has 0 saturated heterocycles. The Morgan fingerprint density at radius 2 is 1.80 bits per heavy atom. The van der Waals surface area contributed by atoms with E-state index in [1.165, 1.54) is 0 Å². The summed E-state index contributed by atoms with van der Waals surface area (Å²) in [4.78, 5) is 0. The van der Waals surface area contributed by atoms with Crippen LogP contribution in [0.2, 0.25) is 0 Å². The van der Waals surface area contributed by atoms with Gasteiger partial charge in [0, 0.05) is 0 Å². The van der Waals surface area contributed by atoms with Gasteiger partial charge in [-0.1, -0.05) is 0 Å². The molecular weight excluding hydrogens is 214 g/mol. The van der Waals surface area contributed by atoms with Gasteiger partial charge in [-0.3, -0.25) is 0 Å². The van der Waals surface area contributed by atoms with E-state index >= 15 is 0 Å². The van der Waals surface area contributed by atoms with Crippen molar-refractivity contribution in [2.75, 3.05) is 0 Å². The van der Waals surface area contributed by atoms with Crippen molar-refractivity contribution in [3.63, 3.8) is 0 Å². The molecule has 0 aliphatic heterocycles. The van der Waals surface area contributed by atoms with Crippen molar-refractivity contribution in [1.82, 2.24) is 0 Å². The second kappa shape index (κ2) is 3.31. The van der Waals surface area contributed by atoms with E-state index in [2.05, 4.69) is 6.58 Å². The second-order valence-corrected chi connectivity index (χ2v) is 10.1. The van der Waals surface area contributed by atoms with Crippen molar-refractivity contribution in [2.45, 2.75) is 0 Å². The summed E-state index contributed by atoms with van der Waals surface area (Å²) >= 11 is -1.87. The monoisotopic (exact) mass is 217 g/mol. The summed E-state index contributed by atoms with van der Waals surface area (Å²) in [6.45, 7) is 3.38. The summed E-state index contributed by atoms with van der Waals surface area (Å²) in [6, 6.07) is 0. The molecule has 0 aromatic carbocycles. The molecule has 0 aliphatic carbocycles. The molecule has 0 unspecified atom stereocenters. The summed E-state index contributed by atoms with van der Waals surface area (Å²) in [5.41, 5.74) is 0. The molecule has 0 N–H and O–H groups in total. The molecule has 0 rings (SSSR count). The first-order valence-corrected chi connectivity index (χ1v) is 9.95. The van der Waals surface area contributed by atoms with E-state index in [0.717, 1.165) is 0 Å². The van der Waals surface area contributed by atoms with E-state index < -0.39 is 17.5 Å². The second-order valence-electron chi connectivity index (χ2n) is 0.494. The average molecular weight is 217 g/mol. The quantitative estimate of drug-likeness (QED) is 0.585. The molecule has 0 amide bonds. The Morgan fingerprint density at radius 1 is 1.60 bits per heavy atom. The Bertz CT molecular complexity index is 34.6. The number of halogens is 2. The molecule has 0 aromatic heterocycles. The van der Waals surface area contributed by atoms with Crippen LogP contribution in [-0.4, -0.2) is 17.5 Å². The molecule has 29 valence electrons. The van der Waals surface area contributed by atoms with Gasteiger partial charge in [-0.2, -0.15) is 0 Å². The summed E-state index contributed by atoms with van der Waals surface area (Å²) in [5, 5.41) is 0. The molecule has 0 spiro atoms. The molecule has 0 nitrogen and oxygen atoms in total. The average Bonchev–Trinajstić information content (AvgIpc) is 1.38. The normalized spacial score (nSPS) is 8.60. The zero-order valence-corrected chi connectivity index (χ0v) is 6.91. The molecule has 0 atom stereocenters. The first-order chi connectivity index (χ1) is 2.27. The predicted octanol–water partition coefficient (Wildman–Crippen LogP) is 1.68. The van der Waals surface area contributed by atoms with E-state index in [9.17, 15) is 0 Å². The minimum atomic E-state index is -1.87. The Balaban J connectivity index is 2.83. The van der Waals surface area contributed by atoms with E-state index in [1.54, 1.807) is 4.09 Å². The fraction of sp³-hybridized carbons (Fsp3) is 0. The number of hydrogen-bond donors (Lipinski definition) is 0. The molecular formula is C2H3Cl2Sn. The maximum atomic E-state index is 5.31. The molecule has 0 heterocycles. The first-order valence-electron chi connectivity index (χ1n) is 1.07. The van der Waals surface area contributed by atoms with Gasteiger partial charge in [-0.15, -0.1) is 0 Å². The van der Waals surface area contributed by atoms with Crippen molar-refractivity contribution in [2.24, 2.45) is 0 Å². The van der Waals surface area contributed by atoms with Crippen molar-refractivity contribution < 1.29 is 0 Å². The molecule has 0 saturated carbocycles. The van der Waals surface area contributed by atoms with Gasteiger partial charge in [0.2, 0.25) is 0 Å².